The molecule has 29 heavy (non-hydrogen) atoms. The van der Waals surface area contributed by atoms with Crippen molar-refractivity contribution in [3.63, 3.8) is 0 Å². The van der Waals surface area contributed by atoms with Crippen molar-refractivity contribution in [3.8, 4) is 39.7 Å². The molecule has 0 spiro atoms. The second-order valence-electron chi connectivity index (χ2n) is 6.46. The summed E-state index contributed by atoms with van der Waals surface area (Å²) in [5.41, 5.74) is 3.68. The highest BCUT2D eigenvalue weighted by Crippen LogP contribution is 2.30. The van der Waals surface area contributed by atoms with Crippen LogP contribution in [-0.4, -0.2) is 28.4 Å². The third-order valence-corrected chi connectivity index (χ3v) is 5.37. The normalized spacial score (nSPS) is 11.5. The Morgan fingerprint density at radius 2 is 1.28 bits per heavy atom. The molecule has 0 unspecified atom stereocenters. The number of benzene rings is 3. The molecular formula is C21H17N3O4S. The van der Waals surface area contributed by atoms with E-state index in [-0.39, 0.29) is 16.4 Å². The van der Waals surface area contributed by atoms with Gasteiger partial charge in [-0.25, -0.2) is 18.2 Å². The molecule has 0 aliphatic rings. The van der Waals surface area contributed by atoms with Crippen LogP contribution in [0.4, 0.5) is 0 Å². The Kier molecular flexibility index (Phi) is 4.57. The van der Waals surface area contributed by atoms with Crippen molar-refractivity contribution in [2.45, 2.75) is 4.90 Å². The molecule has 0 saturated heterocycles. The van der Waals surface area contributed by atoms with Crippen LogP contribution in [0.5, 0.6) is 11.5 Å². The summed E-state index contributed by atoms with van der Waals surface area (Å²) in [5, 5.41) is 29.0. The number of phenolic OH excluding ortho intramolecular Hbond substituents is 2. The highest BCUT2D eigenvalue weighted by molar-refractivity contribution is 7.89. The molecule has 0 aliphatic heterocycles. The summed E-state index contributed by atoms with van der Waals surface area (Å²) >= 11 is 0. The monoisotopic (exact) mass is 407 g/mol. The minimum atomic E-state index is -3.79. The van der Waals surface area contributed by atoms with Crippen LogP contribution in [0.25, 0.3) is 28.2 Å². The third kappa shape index (κ3) is 3.84. The molecule has 4 rings (SSSR count). The number of hydrogen-bond acceptors (Lipinski definition) is 5. The molecule has 8 heteroatoms. The van der Waals surface area contributed by atoms with Crippen molar-refractivity contribution >= 4 is 10.0 Å². The van der Waals surface area contributed by atoms with Crippen molar-refractivity contribution in [3.05, 3.63) is 78.9 Å². The van der Waals surface area contributed by atoms with E-state index in [1.54, 1.807) is 65.3 Å². The molecule has 146 valence electrons. The zero-order valence-electron chi connectivity index (χ0n) is 15.1. The second-order valence-corrected chi connectivity index (χ2v) is 8.02. The van der Waals surface area contributed by atoms with E-state index in [0.717, 1.165) is 16.8 Å². The first-order valence-electron chi connectivity index (χ1n) is 8.63. The molecule has 0 fully saturated rings. The molecule has 0 radical (unpaired) electrons. The van der Waals surface area contributed by atoms with Gasteiger partial charge in [-0.15, -0.1) is 0 Å². The molecule has 4 N–H and O–H groups in total. The van der Waals surface area contributed by atoms with Crippen LogP contribution < -0.4 is 5.14 Å². The molecule has 7 nitrogen and oxygen atoms in total. The average molecular weight is 407 g/mol. The number of aromatic nitrogens is 2. The Labute approximate surface area is 167 Å². The minimum absolute atomic E-state index is 0.0124. The molecule has 0 aliphatic carbocycles. The lowest BCUT2D eigenvalue weighted by Crippen LogP contribution is -2.12. The smallest absolute Gasteiger partial charge is 0.238 e. The molecule has 1 aromatic heterocycles. The van der Waals surface area contributed by atoms with E-state index in [1.807, 2.05) is 6.07 Å². The topological polar surface area (TPSA) is 118 Å². The van der Waals surface area contributed by atoms with E-state index in [2.05, 4.69) is 5.10 Å². The van der Waals surface area contributed by atoms with Gasteiger partial charge in [-0.05, 0) is 78.9 Å². The first-order valence-corrected chi connectivity index (χ1v) is 10.2. The van der Waals surface area contributed by atoms with Crippen LogP contribution >= 0.6 is 0 Å². The Balaban J connectivity index is 1.86. The summed E-state index contributed by atoms with van der Waals surface area (Å²) in [6, 6.07) is 21.3. The van der Waals surface area contributed by atoms with E-state index in [0.29, 0.717) is 11.4 Å². The second kappa shape index (κ2) is 7.08. The van der Waals surface area contributed by atoms with E-state index in [4.69, 9.17) is 5.14 Å². The number of rotatable bonds is 4. The maximum absolute atomic E-state index is 11.5. The molecule has 1 heterocycles. The number of primary sulfonamides is 1. The van der Waals surface area contributed by atoms with Gasteiger partial charge in [0.2, 0.25) is 10.0 Å². The lowest BCUT2D eigenvalue weighted by Gasteiger charge is -2.08. The molecule has 0 atom stereocenters. The van der Waals surface area contributed by atoms with E-state index < -0.39 is 10.0 Å². The maximum Gasteiger partial charge on any atom is 0.238 e. The summed E-state index contributed by atoms with van der Waals surface area (Å²) in [5.74, 6) is 0.307. The first-order chi connectivity index (χ1) is 13.8. The van der Waals surface area contributed by atoms with Crippen LogP contribution in [-0.2, 0) is 10.0 Å². The molecular weight excluding hydrogens is 390 g/mol. The fourth-order valence-electron chi connectivity index (χ4n) is 2.97. The summed E-state index contributed by atoms with van der Waals surface area (Å²) in [6.45, 7) is 0. The highest BCUT2D eigenvalue weighted by atomic mass is 32.2. The van der Waals surface area contributed by atoms with Crippen molar-refractivity contribution < 1.29 is 18.6 Å². The number of sulfonamides is 1. The third-order valence-electron chi connectivity index (χ3n) is 4.45. The maximum atomic E-state index is 11.5. The zero-order chi connectivity index (χ0) is 20.6. The predicted octanol–water partition coefficient (Wildman–Crippen LogP) is 3.26. The van der Waals surface area contributed by atoms with E-state index in [9.17, 15) is 18.6 Å². The molecule has 0 bridgehead atoms. The number of nitrogens with two attached hydrogens (primary N) is 1. The average Bonchev–Trinajstić information content (AvgIpc) is 3.14. The highest BCUT2D eigenvalue weighted by Gasteiger charge is 2.15. The van der Waals surface area contributed by atoms with Gasteiger partial charge in [-0.2, -0.15) is 5.10 Å². The molecule has 3 aromatic carbocycles. The fraction of sp³-hybridized carbons (Fsp3) is 0. The van der Waals surface area contributed by atoms with Gasteiger partial charge in [-0.3, -0.25) is 0 Å². The largest absolute Gasteiger partial charge is 0.508 e. The summed E-state index contributed by atoms with van der Waals surface area (Å²) in [4.78, 5) is 0.0124. The zero-order valence-corrected chi connectivity index (χ0v) is 15.9. The number of aromatic hydroxyl groups is 2. The summed E-state index contributed by atoms with van der Waals surface area (Å²) in [7, 11) is -3.79. The Morgan fingerprint density at radius 3 is 1.79 bits per heavy atom. The van der Waals surface area contributed by atoms with Gasteiger partial charge in [-0.1, -0.05) is 0 Å². The standard InChI is InChI=1S/C21H17N3O4S/c22-29(27,28)19-11-5-16(6-12-19)24-21(15-3-9-18(26)10-4-15)13-20(23-24)14-1-7-17(25)8-2-14/h1-13,25-26H,(H2,22,27,28). The van der Waals surface area contributed by atoms with Gasteiger partial charge in [0.05, 0.1) is 22.0 Å². The predicted molar refractivity (Wildman–Crippen MR) is 109 cm³/mol. The van der Waals surface area contributed by atoms with Gasteiger partial charge in [0, 0.05) is 11.1 Å². The van der Waals surface area contributed by atoms with Crippen LogP contribution in [0, 0.1) is 0 Å². The Morgan fingerprint density at radius 1 is 0.759 bits per heavy atom. The van der Waals surface area contributed by atoms with Gasteiger partial charge < -0.3 is 10.2 Å². The van der Waals surface area contributed by atoms with Crippen LogP contribution in [0.1, 0.15) is 0 Å². The van der Waals surface area contributed by atoms with Crippen molar-refractivity contribution in [1.82, 2.24) is 9.78 Å². The van der Waals surface area contributed by atoms with Crippen LogP contribution in [0.2, 0.25) is 0 Å². The quantitative estimate of drug-likeness (QED) is 0.480. The van der Waals surface area contributed by atoms with Gasteiger partial charge in [0.1, 0.15) is 11.5 Å². The molecule has 0 amide bonds. The number of nitrogens with zero attached hydrogens (tertiary/aromatic N) is 2. The Bertz CT molecular complexity index is 1260. The van der Waals surface area contributed by atoms with Crippen molar-refractivity contribution in [2.24, 2.45) is 5.14 Å². The lowest BCUT2D eigenvalue weighted by atomic mass is 10.1. The fourth-order valence-corrected chi connectivity index (χ4v) is 3.48. The van der Waals surface area contributed by atoms with Gasteiger partial charge in [0.15, 0.2) is 0 Å². The van der Waals surface area contributed by atoms with Crippen LogP contribution in [0.3, 0.4) is 0 Å². The van der Waals surface area contributed by atoms with E-state index in [1.165, 1.54) is 12.1 Å². The Hall–Kier alpha value is -3.62. The molecule has 0 saturated carbocycles. The minimum Gasteiger partial charge on any atom is -0.508 e. The van der Waals surface area contributed by atoms with Crippen molar-refractivity contribution in [1.29, 1.82) is 0 Å². The lowest BCUT2D eigenvalue weighted by molar-refractivity contribution is 0.475. The van der Waals surface area contributed by atoms with Gasteiger partial charge >= 0.3 is 0 Å². The van der Waals surface area contributed by atoms with Gasteiger partial charge in [0.25, 0.3) is 0 Å². The number of phenols is 2. The van der Waals surface area contributed by atoms with E-state index >= 15 is 0 Å². The molecule has 4 aromatic rings. The van der Waals surface area contributed by atoms with Crippen molar-refractivity contribution in [2.75, 3.05) is 0 Å². The summed E-state index contributed by atoms with van der Waals surface area (Å²) in [6.07, 6.45) is 0. The number of hydrogen-bond donors (Lipinski definition) is 3. The van der Waals surface area contributed by atoms with Crippen LogP contribution in [0.15, 0.2) is 83.8 Å². The summed E-state index contributed by atoms with van der Waals surface area (Å²) < 4.78 is 24.7. The SMILES string of the molecule is NS(=O)(=O)c1ccc(-n2nc(-c3ccc(O)cc3)cc2-c2ccc(O)cc2)cc1. The first kappa shape index (κ1) is 18.7.